The molecule has 1 N–H and O–H groups in total. The van der Waals surface area contributed by atoms with Crippen molar-refractivity contribution in [1.29, 1.82) is 0 Å². The molecule has 0 unspecified atom stereocenters. The molecule has 7 nitrogen and oxygen atoms in total. The molecule has 0 spiro atoms. The van der Waals surface area contributed by atoms with Gasteiger partial charge in [0.1, 0.15) is 11.4 Å². The zero-order valence-corrected chi connectivity index (χ0v) is 14.7. The molecule has 0 atom stereocenters. The van der Waals surface area contributed by atoms with Crippen molar-refractivity contribution in [1.82, 2.24) is 10.2 Å². The van der Waals surface area contributed by atoms with Crippen LogP contribution in [0, 0.1) is 15.9 Å². The first kappa shape index (κ1) is 18.0. The first-order valence-electron chi connectivity index (χ1n) is 7.28. The summed E-state index contributed by atoms with van der Waals surface area (Å²) in [5.74, 6) is -0.433. The monoisotopic (exact) mass is 390 g/mol. The van der Waals surface area contributed by atoms with Crippen molar-refractivity contribution in [2.45, 2.75) is 10.1 Å². The van der Waals surface area contributed by atoms with E-state index in [4.69, 9.17) is 0 Å². The third-order valence-corrected chi connectivity index (χ3v) is 5.27. The van der Waals surface area contributed by atoms with Gasteiger partial charge in [0.2, 0.25) is 5.13 Å². The van der Waals surface area contributed by atoms with Crippen LogP contribution in [0.5, 0.6) is 0 Å². The molecule has 26 heavy (non-hydrogen) atoms. The molecule has 0 fully saturated rings. The predicted molar refractivity (Wildman–Crippen MR) is 96.9 cm³/mol. The van der Waals surface area contributed by atoms with Gasteiger partial charge in [0.05, 0.1) is 4.92 Å². The van der Waals surface area contributed by atoms with Crippen LogP contribution in [0.1, 0.15) is 15.9 Å². The number of thioether (sulfide) groups is 1. The maximum atomic E-state index is 13.2. The van der Waals surface area contributed by atoms with E-state index in [1.165, 1.54) is 42.1 Å². The number of carbonyl (C=O) groups is 1. The molecule has 0 aliphatic heterocycles. The average Bonchev–Trinajstić information content (AvgIpc) is 3.07. The van der Waals surface area contributed by atoms with E-state index in [1.807, 2.05) is 0 Å². The smallest absolute Gasteiger partial charge is 0.282 e. The highest BCUT2D eigenvalue weighted by Crippen LogP contribution is 2.29. The van der Waals surface area contributed by atoms with Gasteiger partial charge in [0.25, 0.3) is 11.6 Å². The minimum Gasteiger partial charge on any atom is -0.296 e. The summed E-state index contributed by atoms with van der Waals surface area (Å²) in [6.07, 6.45) is 0. The highest BCUT2D eigenvalue weighted by atomic mass is 32.2. The summed E-state index contributed by atoms with van der Waals surface area (Å²) in [4.78, 5) is 22.6. The molecule has 1 amide bonds. The molecule has 1 heterocycles. The Kier molecular flexibility index (Phi) is 5.54. The highest BCUT2D eigenvalue weighted by Gasteiger charge is 2.20. The zero-order valence-electron chi connectivity index (χ0n) is 13.1. The number of benzene rings is 2. The molecular weight excluding hydrogens is 379 g/mol. The lowest BCUT2D eigenvalue weighted by Gasteiger charge is -2.01. The molecule has 3 rings (SSSR count). The van der Waals surface area contributed by atoms with Crippen LogP contribution in [-0.2, 0) is 5.75 Å². The van der Waals surface area contributed by atoms with Crippen LogP contribution in [0.4, 0.5) is 15.2 Å². The molecule has 0 saturated carbocycles. The van der Waals surface area contributed by atoms with Gasteiger partial charge in [-0.25, -0.2) is 4.39 Å². The van der Waals surface area contributed by atoms with E-state index in [0.29, 0.717) is 10.1 Å². The molecule has 0 aliphatic rings. The molecule has 0 saturated heterocycles. The number of nitrogens with zero attached hydrogens (tertiary/aromatic N) is 3. The van der Waals surface area contributed by atoms with Crippen molar-refractivity contribution < 1.29 is 14.1 Å². The van der Waals surface area contributed by atoms with Crippen molar-refractivity contribution in [3.63, 3.8) is 0 Å². The van der Waals surface area contributed by atoms with E-state index in [2.05, 4.69) is 15.5 Å². The second kappa shape index (κ2) is 8.02. The Morgan fingerprint density at radius 2 is 2.04 bits per heavy atom. The molecular formula is C16H11FN4O3S2. The van der Waals surface area contributed by atoms with Crippen molar-refractivity contribution in [2.75, 3.05) is 5.32 Å². The van der Waals surface area contributed by atoms with E-state index < -0.39 is 10.8 Å². The van der Waals surface area contributed by atoms with Crippen molar-refractivity contribution in [2.24, 2.45) is 0 Å². The van der Waals surface area contributed by atoms with Crippen molar-refractivity contribution in [3.05, 3.63) is 75.6 Å². The number of anilines is 1. The normalized spacial score (nSPS) is 10.5. The van der Waals surface area contributed by atoms with E-state index in [9.17, 15) is 19.3 Å². The quantitative estimate of drug-likeness (QED) is 0.294. The number of nitro benzene ring substituents is 1. The number of aromatic nitrogens is 2. The summed E-state index contributed by atoms with van der Waals surface area (Å²) in [6.45, 7) is 0. The SMILES string of the molecule is O=C(Nc1nnc(SCc2cccc(F)c2)s1)c1ccccc1[N+](=O)[O-]. The van der Waals surface area contributed by atoms with Gasteiger partial charge in [-0.05, 0) is 23.8 Å². The first-order chi connectivity index (χ1) is 12.5. The van der Waals surface area contributed by atoms with Gasteiger partial charge in [0.15, 0.2) is 4.34 Å². The van der Waals surface area contributed by atoms with Gasteiger partial charge >= 0.3 is 0 Å². The fourth-order valence-corrected chi connectivity index (χ4v) is 3.77. The minimum atomic E-state index is -0.630. The number of amides is 1. The number of nitro groups is 1. The average molecular weight is 390 g/mol. The number of rotatable bonds is 6. The zero-order chi connectivity index (χ0) is 18.5. The van der Waals surface area contributed by atoms with Gasteiger partial charge < -0.3 is 0 Å². The van der Waals surface area contributed by atoms with Gasteiger partial charge in [-0.1, -0.05) is 47.4 Å². The van der Waals surface area contributed by atoms with Gasteiger partial charge in [-0.2, -0.15) is 0 Å². The second-order valence-electron chi connectivity index (χ2n) is 5.02. The summed E-state index contributed by atoms with van der Waals surface area (Å²) in [6, 6.07) is 11.9. The Morgan fingerprint density at radius 1 is 1.23 bits per heavy atom. The van der Waals surface area contributed by atoms with Crippen LogP contribution in [0.25, 0.3) is 0 Å². The number of hydrogen-bond acceptors (Lipinski definition) is 7. The van der Waals surface area contributed by atoms with Crippen LogP contribution < -0.4 is 5.32 Å². The number of carbonyl (C=O) groups excluding carboxylic acids is 1. The van der Waals surface area contributed by atoms with E-state index in [-0.39, 0.29) is 22.2 Å². The third kappa shape index (κ3) is 4.41. The molecule has 10 heteroatoms. The molecule has 132 valence electrons. The van der Waals surface area contributed by atoms with E-state index in [1.54, 1.807) is 18.2 Å². The van der Waals surface area contributed by atoms with Crippen LogP contribution in [0.2, 0.25) is 0 Å². The lowest BCUT2D eigenvalue weighted by Crippen LogP contribution is -2.13. The van der Waals surface area contributed by atoms with Crippen LogP contribution in [-0.4, -0.2) is 21.0 Å². The summed E-state index contributed by atoms with van der Waals surface area (Å²) < 4.78 is 13.8. The Morgan fingerprint density at radius 3 is 2.81 bits per heavy atom. The van der Waals surface area contributed by atoms with Crippen molar-refractivity contribution in [3.8, 4) is 0 Å². The van der Waals surface area contributed by atoms with Crippen molar-refractivity contribution >= 4 is 39.8 Å². The Bertz CT molecular complexity index is 964. The molecule has 2 aromatic carbocycles. The van der Waals surface area contributed by atoms with E-state index in [0.717, 1.165) is 16.9 Å². The topological polar surface area (TPSA) is 98.0 Å². The molecule has 0 radical (unpaired) electrons. The number of nitrogens with one attached hydrogen (secondary N) is 1. The van der Waals surface area contributed by atoms with Gasteiger partial charge in [0, 0.05) is 11.8 Å². The summed E-state index contributed by atoms with van der Waals surface area (Å²) >= 11 is 2.49. The van der Waals surface area contributed by atoms with Gasteiger partial charge in [-0.15, -0.1) is 10.2 Å². The number of para-hydroxylation sites is 1. The number of halogens is 1. The van der Waals surface area contributed by atoms with Crippen LogP contribution in [0.15, 0.2) is 52.9 Å². The Balaban J connectivity index is 1.65. The maximum Gasteiger partial charge on any atom is 0.282 e. The third-order valence-electron chi connectivity index (χ3n) is 3.22. The van der Waals surface area contributed by atoms with Crippen LogP contribution >= 0.6 is 23.1 Å². The molecule has 0 bridgehead atoms. The lowest BCUT2D eigenvalue weighted by molar-refractivity contribution is -0.385. The fraction of sp³-hybridized carbons (Fsp3) is 0.0625. The molecule has 1 aromatic heterocycles. The van der Waals surface area contributed by atoms with E-state index >= 15 is 0 Å². The second-order valence-corrected chi connectivity index (χ2v) is 7.22. The minimum absolute atomic E-state index is 0.0540. The highest BCUT2D eigenvalue weighted by molar-refractivity contribution is 8.00. The largest absolute Gasteiger partial charge is 0.296 e. The fourth-order valence-electron chi connectivity index (χ4n) is 2.08. The lowest BCUT2D eigenvalue weighted by atomic mass is 10.1. The summed E-state index contributed by atoms with van der Waals surface area (Å²) in [5, 5.41) is 21.5. The molecule has 0 aliphatic carbocycles. The Hall–Kier alpha value is -2.85. The Labute approximate surface area is 155 Å². The summed E-state index contributed by atoms with van der Waals surface area (Å²) in [5.41, 5.74) is 0.465. The van der Waals surface area contributed by atoms with Gasteiger partial charge in [-0.3, -0.25) is 20.2 Å². The first-order valence-corrected chi connectivity index (χ1v) is 9.08. The summed E-state index contributed by atoms with van der Waals surface area (Å²) in [7, 11) is 0. The standard InChI is InChI=1S/C16H11FN4O3S2/c17-11-5-3-4-10(8-11)9-25-16-20-19-15(26-16)18-14(22)12-6-1-2-7-13(12)21(23)24/h1-8H,9H2,(H,18,19,22). The van der Waals surface area contributed by atoms with Crippen LogP contribution in [0.3, 0.4) is 0 Å². The molecule has 3 aromatic rings. The number of hydrogen-bond donors (Lipinski definition) is 1. The maximum absolute atomic E-state index is 13.2. The predicted octanol–water partition coefficient (Wildman–Crippen LogP) is 4.13.